The second-order valence-electron chi connectivity index (χ2n) is 7.38. The third-order valence-corrected chi connectivity index (χ3v) is 5.71. The SMILES string of the molecule is CC(C)Oc1ccc(C(=O)N(CCCn2ccnc2)c2nc3c(F)cccc3s2)cc1. The summed E-state index contributed by atoms with van der Waals surface area (Å²) in [6.45, 7) is 5.06. The summed E-state index contributed by atoms with van der Waals surface area (Å²) in [6, 6.07) is 11.9. The number of halogens is 1. The lowest BCUT2D eigenvalue weighted by Crippen LogP contribution is -2.32. The average Bonchev–Trinajstić information content (AvgIpc) is 3.41. The Bertz CT molecular complexity index is 1160. The average molecular weight is 439 g/mol. The van der Waals surface area contributed by atoms with Crippen LogP contribution in [0.1, 0.15) is 30.6 Å². The van der Waals surface area contributed by atoms with Gasteiger partial charge in [0.1, 0.15) is 17.1 Å². The van der Waals surface area contributed by atoms with Crippen molar-refractivity contribution in [1.29, 1.82) is 0 Å². The van der Waals surface area contributed by atoms with Crippen molar-refractivity contribution in [3.05, 3.63) is 72.6 Å². The van der Waals surface area contributed by atoms with Crippen LogP contribution in [0.3, 0.4) is 0 Å². The van der Waals surface area contributed by atoms with E-state index in [1.165, 1.54) is 17.4 Å². The van der Waals surface area contributed by atoms with Crippen molar-refractivity contribution in [2.45, 2.75) is 32.9 Å². The molecule has 1 amide bonds. The number of hydrogen-bond donors (Lipinski definition) is 0. The predicted octanol–water partition coefficient (Wildman–Crippen LogP) is 5.16. The van der Waals surface area contributed by atoms with Crippen LogP contribution in [0.5, 0.6) is 5.75 Å². The first-order valence-corrected chi connectivity index (χ1v) is 10.9. The molecule has 31 heavy (non-hydrogen) atoms. The number of aromatic nitrogens is 3. The molecule has 0 radical (unpaired) electrons. The van der Waals surface area contributed by atoms with E-state index >= 15 is 0 Å². The fourth-order valence-electron chi connectivity index (χ4n) is 3.24. The number of ether oxygens (including phenoxy) is 1. The summed E-state index contributed by atoms with van der Waals surface area (Å²) >= 11 is 1.31. The lowest BCUT2D eigenvalue weighted by molar-refractivity contribution is 0.0986. The molecule has 0 aliphatic heterocycles. The second kappa shape index (κ2) is 9.26. The maximum atomic E-state index is 14.2. The van der Waals surface area contributed by atoms with Crippen LogP contribution in [0, 0.1) is 5.82 Å². The zero-order valence-corrected chi connectivity index (χ0v) is 18.2. The Morgan fingerprint density at radius 3 is 2.71 bits per heavy atom. The van der Waals surface area contributed by atoms with Gasteiger partial charge in [-0.3, -0.25) is 9.69 Å². The van der Waals surface area contributed by atoms with Crippen molar-refractivity contribution in [2.75, 3.05) is 11.4 Å². The summed E-state index contributed by atoms with van der Waals surface area (Å²) in [5.41, 5.74) is 0.814. The molecule has 0 N–H and O–H groups in total. The molecule has 2 aromatic heterocycles. The van der Waals surface area contributed by atoms with E-state index in [9.17, 15) is 9.18 Å². The maximum absolute atomic E-state index is 14.2. The molecule has 0 unspecified atom stereocenters. The van der Waals surface area contributed by atoms with E-state index in [4.69, 9.17) is 4.74 Å². The lowest BCUT2D eigenvalue weighted by Gasteiger charge is -2.20. The van der Waals surface area contributed by atoms with Crippen molar-refractivity contribution in [1.82, 2.24) is 14.5 Å². The lowest BCUT2D eigenvalue weighted by atomic mass is 10.2. The molecule has 8 heteroatoms. The van der Waals surface area contributed by atoms with E-state index in [0.717, 1.165) is 0 Å². The van der Waals surface area contributed by atoms with Crippen molar-refractivity contribution in [3.63, 3.8) is 0 Å². The summed E-state index contributed by atoms with van der Waals surface area (Å²) < 4.78 is 22.5. The monoisotopic (exact) mass is 438 g/mol. The molecule has 0 bridgehead atoms. The molecule has 0 aliphatic carbocycles. The van der Waals surface area contributed by atoms with Gasteiger partial charge in [0.25, 0.3) is 5.91 Å². The van der Waals surface area contributed by atoms with E-state index in [0.29, 0.717) is 40.7 Å². The molecule has 0 spiro atoms. The number of anilines is 1. The molecule has 0 fully saturated rings. The first kappa shape index (κ1) is 21.0. The minimum atomic E-state index is -0.388. The molecule has 2 aromatic carbocycles. The Labute approximate surface area is 183 Å². The van der Waals surface area contributed by atoms with Crippen LogP contribution in [0.25, 0.3) is 10.2 Å². The Morgan fingerprint density at radius 2 is 2.03 bits per heavy atom. The van der Waals surface area contributed by atoms with Gasteiger partial charge in [0, 0.05) is 31.0 Å². The number of benzene rings is 2. The molecule has 160 valence electrons. The highest BCUT2D eigenvalue weighted by atomic mass is 32.1. The molecule has 0 saturated heterocycles. The number of thiazole rings is 1. The van der Waals surface area contributed by atoms with Crippen molar-refractivity contribution < 1.29 is 13.9 Å². The van der Waals surface area contributed by atoms with Crippen LogP contribution in [-0.2, 0) is 6.54 Å². The minimum Gasteiger partial charge on any atom is -0.491 e. The molecule has 0 aliphatic rings. The second-order valence-corrected chi connectivity index (χ2v) is 8.39. The quantitative estimate of drug-likeness (QED) is 0.381. The molecule has 6 nitrogen and oxygen atoms in total. The smallest absolute Gasteiger partial charge is 0.260 e. The normalized spacial score (nSPS) is 11.2. The van der Waals surface area contributed by atoms with E-state index in [1.54, 1.807) is 47.8 Å². The molecule has 2 heterocycles. The van der Waals surface area contributed by atoms with E-state index in [2.05, 4.69) is 9.97 Å². The first-order valence-electron chi connectivity index (χ1n) is 10.1. The van der Waals surface area contributed by atoms with Gasteiger partial charge in [0.15, 0.2) is 5.13 Å². The zero-order chi connectivity index (χ0) is 21.8. The van der Waals surface area contributed by atoms with Gasteiger partial charge in [-0.25, -0.2) is 14.4 Å². The molecule has 4 aromatic rings. The summed E-state index contributed by atoms with van der Waals surface area (Å²) in [5, 5.41) is 0.484. The van der Waals surface area contributed by atoms with Gasteiger partial charge in [-0.2, -0.15) is 0 Å². The van der Waals surface area contributed by atoms with Gasteiger partial charge in [-0.1, -0.05) is 17.4 Å². The molecular formula is C23H23FN4O2S. The number of carbonyl (C=O) groups excluding carboxylic acids is 1. The number of carbonyl (C=O) groups is 1. The van der Waals surface area contributed by atoms with E-state index in [-0.39, 0.29) is 23.3 Å². The highest BCUT2D eigenvalue weighted by Crippen LogP contribution is 2.31. The zero-order valence-electron chi connectivity index (χ0n) is 17.4. The Hall–Kier alpha value is -3.26. The Balaban J connectivity index is 1.60. The topological polar surface area (TPSA) is 60.2 Å². The van der Waals surface area contributed by atoms with Crippen LogP contribution < -0.4 is 9.64 Å². The van der Waals surface area contributed by atoms with Crippen molar-refractivity contribution in [2.24, 2.45) is 0 Å². The Kier molecular flexibility index (Phi) is 6.27. The first-order chi connectivity index (χ1) is 15.0. The number of nitrogens with zero attached hydrogens (tertiary/aromatic N) is 4. The van der Waals surface area contributed by atoms with Gasteiger partial charge in [-0.05, 0) is 56.7 Å². The van der Waals surface area contributed by atoms with E-state index in [1.807, 2.05) is 30.7 Å². The summed E-state index contributed by atoms with van der Waals surface area (Å²) in [5.74, 6) is 0.141. The van der Waals surface area contributed by atoms with Gasteiger partial charge in [-0.15, -0.1) is 0 Å². The highest BCUT2D eigenvalue weighted by Gasteiger charge is 2.22. The number of para-hydroxylation sites is 1. The third-order valence-electron chi connectivity index (χ3n) is 4.66. The Morgan fingerprint density at radius 1 is 1.23 bits per heavy atom. The van der Waals surface area contributed by atoms with Crippen LogP contribution in [0.4, 0.5) is 9.52 Å². The van der Waals surface area contributed by atoms with Crippen LogP contribution >= 0.6 is 11.3 Å². The summed E-state index contributed by atoms with van der Waals surface area (Å²) in [7, 11) is 0. The van der Waals surface area contributed by atoms with Crippen molar-refractivity contribution >= 4 is 32.6 Å². The fourth-order valence-corrected chi connectivity index (χ4v) is 4.24. The standard InChI is InChI=1S/C23H23FN4O2S/c1-16(2)30-18-9-7-17(8-10-18)22(29)28(13-4-12-27-14-11-25-15-27)23-26-21-19(24)5-3-6-20(21)31-23/h3,5-11,14-16H,4,12-13H2,1-2H3. The van der Waals surface area contributed by atoms with Crippen LogP contribution in [-0.4, -0.2) is 33.1 Å². The summed E-state index contributed by atoms with van der Waals surface area (Å²) in [4.78, 5) is 23.5. The maximum Gasteiger partial charge on any atom is 0.260 e. The van der Waals surface area contributed by atoms with Crippen LogP contribution in [0.15, 0.2) is 61.2 Å². The molecule has 4 rings (SSSR count). The predicted molar refractivity (Wildman–Crippen MR) is 120 cm³/mol. The number of amides is 1. The van der Waals surface area contributed by atoms with Gasteiger partial charge in [0.2, 0.25) is 0 Å². The van der Waals surface area contributed by atoms with Crippen molar-refractivity contribution in [3.8, 4) is 5.75 Å². The number of fused-ring (bicyclic) bond motifs is 1. The molecule has 0 saturated carbocycles. The number of aryl methyl sites for hydroxylation is 1. The van der Waals surface area contributed by atoms with E-state index < -0.39 is 0 Å². The molecule has 0 atom stereocenters. The fraction of sp³-hybridized carbons (Fsp3) is 0.261. The van der Waals surface area contributed by atoms with Gasteiger partial charge in [0.05, 0.1) is 17.1 Å². The largest absolute Gasteiger partial charge is 0.491 e. The van der Waals surface area contributed by atoms with Gasteiger partial charge >= 0.3 is 0 Å². The number of imidazole rings is 1. The number of rotatable bonds is 8. The van der Waals surface area contributed by atoms with Gasteiger partial charge < -0.3 is 9.30 Å². The molecular weight excluding hydrogens is 415 g/mol. The van der Waals surface area contributed by atoms with Crippen LogP contribution in [0.2, 0.25) is 0 Å². The third kappa shape index (κ3) is 4.91. The minimum absolute atomic E-state index is 0.0545. The summed E-state index contributed by atoms with van der Waals surface area (Å²) in [6.07, 6.45) is 6.10. The highest BCUT2D eigenvalue weighted by molar-refractivity contribution is 7.22. The number of hydrogen-bond acceptors (Lipinski definition) is 5.